The molecule has 1 heterocycles. The summed E-state index contributed by atoms with van der Waals surface area (Å²) in [7, 11) is -1.78. The van der Waals surface area contributed by atoms with Crippen LogP contribution in [0.25, 0.3) is 12.2 Å². The highest BCUT2D eigenvalue weighted by molar-refractivity contribution is 6.74. The summed E-state index contributed by atoms with van der Waals surface area (Å²) >= 11 is 0. The van der Waals surface area contributed by atoms with Gasteiger partial charge in [0.1, 0.15) is 11.6 Å². The van der Waals surface area contributed by atoms with Crippen molar-refractivity contribution >= 4 is 32.5 Å². The predicted molar refractivity (Wildman–Crippen MR) is 144 cm³/mol. The number of benzene rings is 2. The third-order valence-corrected chi connectivity index (χ3v) is 11.3. The van der Waals surface area contributed by atoms with Gasteiger partial charge >= 0.3 is 6.09 Å². The summed E-state index contributed by atoms with van der Waals surface area (Å²) in [5.41, 5.74) is 1.92. The molecule has 1 atom stereocenters. The number of cyclic esters (lactones) is 1. The van der Waals surface area contributed by atoms with Gasteiger partial charge in [0.25, 0.3) is 5.91 Å². The van der Waals surface area contributed by atoms with E-state index in [1.165, 1.54) is 11.0 Å². The van der Waals surface area contributed by atoms with E-state index in [9.17, 15) is 9.59 Å². The zero-order valence-electron chi connectivity index (χ0n) is 21.9. The molecule has 0 radical (unpaired) electrons. The van der Waals surface area contributed by atoms with Gasteiger partial charge in [-0.25, -0.2) is 9.69 Å². The van der Waals surface area contributed by atoms with E-state index in [-0.39, 0.29) is 5.04 Å². The van der Waals surface area contributed by atoms with Crippen LogP contribution in [0.4, 0.5) is 4.79 Å². The van der Waals surface area contributed by atoms with E-state index in [1.54, 1.807) is 6.08 Å². The number of nitrogens with zero attached hydrogens (tertiary/aromatic N) is 1. The van der Waals surface area contributed by atoms with Crippen molar-refractivity contribution in [2.24, 2.45) is 0 Å². The van der Waals surface area contributed by atoms with Crippen LogP contribution in [0.1, 0.15) is 57.4 Å². The van der Waals surface area contributed by atoms with Crippen molar-refractivity contribution in [2.45, 2.75) is 64.4 Å². The van der Waals surface area contributed by atoms with Crippen molar-refractivity contribution in [3.63, 3.8) is 0 Å². The maximum Gasteiger partial charge on any atom is 0.418 e. The Morgan fingerprint density at radius 1 is 1.06 bits per heavy atom. The third kappa shape index (κ3) is 6.38. The van der Waals surface area contributed by atoms with Crippen LogP contribution in [0.5, 0.6) is 0 Å². The van der Waals surface area contributed by atoms with Gasteiger partial charge in [-0.15, -0.1) is 0 Å². The molecule has 186 valence electrons. The lowest BCUT2D eigenvalue weighted by Gasteiger charge is -2.35. The fourth-order valence-corrected chi connectivity index (χ4v) is 4.77. The molecule has 2 aromatic carbocycles. The standard InChI is InChI=1S/C29H37NO4Si/c1-28(2,3)35(6,7)33-20-12-15-22-13-11-14-23(21-22)18-19-25(31)30-26(24-16-9-8-10-17-24)29(4,5)34-27(30)32/h8-19,21,26H,20H2,1-7H3/b15-12+,19-18+/t26-/m1/s1. The molecule has 0 bridgehead atoms. The molecule has 0 N–H and O–H groups in total. The first-order valence-electron chi connectivity index (χ1n) is 12.0. The van der Waals surface area contributed by atoms with Gasteiger partial charge in [0.15, 0.2) is 8.32 Å². The minimum absolute atomic E-state index is 0.175. The molecule has 1 aliphatic heterocycles. The lowest BCUT2D eigenvalue weighted by molar-refractivity contribution is -0.124. The van der Waals surface area contributed by atoms with Crippen molar-refractivity contribution in [3.8, 4) is 0 Å². The maximum absolute atomic E-state index is 13.1. The van der Waals surface area contributed by atoms with E-state index in [1.807, 2.05) is 80.6 Å². The Bertz CT molecular complexity index is 1110. The van der Waals surface area contributed by atoms with E-state index < -0.39 is 32.0 Å². The van der Waals surface area contributed by atoms with Crippen LogP contribution in [0.3, 0.4) is 0 Å². The lowest BCUT2D eigenvalue weighted by atomic mass is 9.91. The number of ether oxygens (including phenoxy) is 1. The number of hydrogen-bond donors (Lipinski definition) is 0. The molecule has 3 rings (SSSR count). The van der Waals surface area contributed by atoms with Crippen LogP contribution < -0.4 is 0 Å². The maximum atomic E-state index is 13.1. The fourth-order valence-electron chi connectivity index (χ4n) is 3.82. The molecule has 0 aromatic heterocycles. The summed E-state index contributed by atoms with van der Waals surface area (Å²) in [5.74, 6) is -0.404. The first-order valence-corrected chi connectivity index (χ1v) is 14.9. The zero-order valence-corrected chi connectivity index (χ0v) is 22.9. The zero-order chi connectivity index (χ0) is 25.9. The molecule has 0 saturated carbocycles. The Morgan fingerprint density at radius 3 is 2.31 bits per heavy atom. The number of carbonyl (C=O) groups is 2. The highest BCUT2D eigenvalue weighted by atomic mass is 28.4. The summed E-state index contributed by atoms with van der Waals surface area (Å²) in [5, 5.41) is 0.175. The van der Waals surface area contributed by atoms with Gasteiger partial charge in [0.05, 0.1) is 6.61 Å². The SMILES string of the molecule is CC1(C)OC(=O)N(C(=O)/C=C/c2cccc(/C=C/CO[Si](C)(C)C(C)(C)C)c2)[C@@H]1c1ccccc1. The molecule has 35 heavy (non-hydrogen) atoms. The smallest absolute Gasteiger partial charge is 0.418 e. The average Bonchev–Trinajstić information content (AvgIpc) is 3.03. The van der Waals surface area contributed by atoms with Gasteiger partial charge in [0, 0.05) is 6.08 Å². The average molecular weight is 492 g/mol. The molecular weight excluding hydrogens is 454 g/mol. The second kappa shape index (κ2) is 10.3. The second-order valence-corrected chi connectivity index (χ2v) is 15.8. The normalized spacial score (nSPS) is 18.4. The molecule has 0 aliphatic carbocycles. The molecule has 1 aliphatic rings. The summed E-state index contributed by atoms with van der Waals surface area (Å²) in [6.07, 6.45) is 6.59. The van der Waals surface area contributed by atoms with Gasteiger partial charge in [-0.1, -0.05) is 81.5 Å². The molecular formula is C29H37NO4Si. The first-order chi connectivity index (χ1) is 16.3. The minimum Gasteiger partial charge on any atom is -0.440 e. The predicted octanol–water partition coefficient (Wildman–Crippen LogP) is 7.23. The summed E-state index contributed by atoms with van der Waals surface area (Å²) in [6.45, 7) is 15.4. The van der Waals surface area contributed by atoms with Crippen molar-refractivity contribution < 1.29 is 18.8 Å². The molecule has 2 aromatic rings. The number of hydrogen-bond acceptors (Lipinski definition) is 4. The topological polar surface area (TPSA) is 55.8 Å². The Kier molecular flexibility index (Phi) is 7.87. The van der Waals surface area contributed by atoms with Crippen molar-refractivity contribution in [1.29, 1.82) is 0 Å². The van der Waals surface area contributed by atoms with Crippen molar-refractivity contribution in [2.75, 3.05) is 6.61 Å². The first kappa shape index (κ1) is 26.6. The molecule has 1 saturated heterocycles. The summed E-state index contributed by atoms with van der Waals surface area (Å²) in [6, 6.07) is 16.9. The quantitative estimate of drug-likeness (QED) is 0.303. The van der Waals surface area contributed by atoms with E-state index in [2.05, 4.69) is 33.9 Å². The van der Waals surface area contributed by atoms with E-state index in [4.69, 9.17) is 9.16 Å². The van der Waals surface area contributed by atoms with E-state index in [0.717, 1.165) is 16.7 Å². The largest absolute Gasteiger partial charge is 0.440 e. The number of rotatable bonds is 7. The van der Waals surface area contributed by atoms with Gasteiger partial charge in [-0.3, -0.25) is 4.79 Å². The monoisotopic (exact) mass is 491 g/mol. The number of amides is 2. The van der Waals surface area contributed by atoms with E-state index >= 15 is 0 Å². The minimum atomic E-state index is -1.78. The number of carbonyl (C=O) groups excluding carboxylic acids is 2. The number of imide groups is 1. The Hall–Kier alpha value is -2.96. The highest BCUT2D eigenvalue weighted by Crippen LogP contribution is 2.41. The highest BCUT2D eigenvalue weighted by Gasteiger charge is 2.50. The molecule has 5 nitrogen and oxygen atoms in total. The van der Waals surface area contributed by atoms with Crippen LogP contribution in [-0.4, -0.2) is 37.4 Å². The van der Waals surface area contributed by atoms with Gasteiger partial charge in [-0.05, 0) is 60.8 Å². The molecule has 2 amide bonds. The fraction of sp³-hybridized carbons (Fsp3) is 0.379. The Labute approximate surface area is 210 Å². The molecule has 1 fully saturated rings. The Balaban J connectivity index is 1.70. The lowest BCUT2D eigenvalue weighted by Crippen LogP contribution is -2.40. The Morgan fingerprint density at radius 2 is 1.69 bits per heavy atom. The summed E-state index contributed by atoms with van der Waals surface area (Å²) in [4.78, 5) is 26.9. The molecule has 0 spiro atoms. The van der Waals surface area contributed by atoms with Crippen molar-refractivity contribution in [1.82, 2.24) is 4.90 Å². The summed E-state index contributed by atoms with van der Waals surface area (Å²) < 4.78 is 11.7. The van der Waals surface area contributed by atoms with Crippen molar-refractivity contribution in [3.05, 3.63) is 83.4 Å². The van der Waals surface area contributed by atoms with Gasteiger partial charge in [-0.2, -0.15) is 0 Å². The van der Waals surface area contributed by atoms with Crippen LogP contribution >= 0.6 is 0 Å². The van der Waals surface area contributed by atoms with Crippen LogP contribution in [0.15, 0.2) is 66.7 Å². The van der Waals surface area contributed by atoms with Gasteiger partial charge in [0.2, 0.25) is 0 Å². The van der Waals surface area contributed by atoms with Crippen LogP contribution in [-0.2, 0) is 14.0 Å². The van der Waals surface area contributed by atoms with E-state index in [0.29, 0.717) is 6.61 Å². The molecule has 0 unspecified atom stereocenters. The second-order valence-electron chi connectivity index (χ2n) is 11.0. The van der Waals surface area contributed by atoms with Crippen LogP contribution in [0.2, 0.25) is 18.1 Å². The van der Waals surface area contributed by atoms with Gasteiger partial charge < -0.3 is 9.16 Å². The molecule has 6 heteroatoms. The third-order valence-electron chi connectivity index (χ3n) is 6.80. The van der Waals surface area contributed by atoms with Crippen LogP contribution in [0, 0.1) is 0 Å².